The first kappa shape index (κ1) is 43.1. The average Bonchev–Trinajstić information content (AvgIpc) is 3.84. The number of ether oxygens (including phenoxy) is 3. The lowest BCUT2D eigenvalue weighted by Gasteiger charge is -2.59. The highest BCUT2D eigenvalue weighted by atomic mass is 32.2. The number of carbonyl (C=O) groups is 3. The number of esters is 3. The van der Waals surface area contributed by atoms with Gasteiger partial charge in [-0.3, -0.25) is 4.79 Å². The van der Waals surface area contributed by atoms with Crippen molar-refractivity contribution in [1.29, 1.82) is 0 Å². The minimum Gasteiger partial charge on any atom is -0.745 e. The van der Waals surface area contributed by atoms with Crippen molar-refractivity contribution >= 4 is 38.9 Å². The molecule has 5 unspecified atom stereocenters. The Balaban J connectivity index is 0.000000137. The summed E-state index contributed by atoms with van der Waals surface area (Å²) in [5.74, 6) is 2.99. The molecule has 5 atom stereocenters. The topological polar surface area (TPSA) is 136 Å². The number of benzene rings is 3. The van der Waals surface area contributed by atoms with Gasteiger partial charge >= 0.3 is 17.9 Å². The number of rotatable bonds is 8. The van der Waals surface area contributed by atoms with Crippen LogP contribution in [0.3, 0.4) is 0 Å². The molecule has 0 spiro atoms. The molecule has 0 N–H and O–H groups in total. The molecule has 11 heteroatoms. The zero-order chi connectivity index (χ0) is 41.8. The SMILES string of the molecule is C=C(C)C(=O)OC1(C)C2CC3CC(C2)CC1C3.C=C(C)C(=O)OC1C2CC3C(=O)OC1C3C2.C=CS(=O)(=O)[O-].c1ccc([S+](c2ccccc2)c2ccccc2)cc1. The summed E-state index contributed by atoms with van der Waals surface area (Å²) >= 11 is 0. The number of hydrogen-bond acceptors (Lipinski definition) is 9. The Morgan fingerprint density at radius 2 is 1.19 bits per heavy atom. The Hall–Kier alpha value is -4.45. The van der Waals surface area contributed by atoms with Crippen LogP contribution in [0.25, 0.3) is 0 Å². The van der Waals surface area contributed by atoms with Crippen molar-refractivity contribution in [2.75, 3.05) is 0 Å². The predicted octanol–water partition coefficient (Wildman–Crippen LogP) is 8.83. The summed E-state index contributed by atoms with van der Waals surface area (Å²) in [6.07, 6.45) is 7.84. The number of carbonyl (C=O) groups excluding carboxylic acids is 3. The van der Waals surface area contributed by atoms with Gasteiger partial charge in [0.1, 0.15) is 27.9 Å². The van der Waals surface area contributed by atoms with Gasteiger partial charge in [0.05, 0.1) is 16.8 Å². The van der Waals surface area contributed by atoms with Crippen molar-refractivity contribution in [2.45, 2.75) is 98.2 Å². The molecule has 7 fully saturated rings. The minimum atomic E-state index is -4.15. The lowest BCUT2D eigenvalue weighted by atomic mass is 9.50. The van der Waals surface area contributed by atoms with Gasteiger partial charge in [-0.2, -0.15) is 0 Å². The third-order valence-electron chi connectivity index (χ3n) is 12.6. The van der Waals surface area contributed by atoms with Gasteiger partial charge in [-0.1, -0.05) is 74.3 Å². The normalized spacial score (nSPS) is 30.3. The monoisotopic (exact) mass is 826 g/mol. The van der Waals surface area contributed by atoms with Crippen LogP contribution in [0.2, 0.25) is 0 Å². The maximum atomic E-state index is 11.8. The molecule has 0 radical (unpaired) electrons. The zero-order valence-electron chi connectivity index (χ0n) is 33.5. The van der Waals surface area contributed by atoms with Crippen molar-refractivity contribution in [2.24, 2.45) is 41.4 Å². The van der Waals surface area contributed by atoms with Crippen LogP contribution in [0.4, 0.5) is 0 Å². The van der Waals surface area contributed by atoms with Crippen molar-refractivity contribution < 1.29 is 41.6 Å². The summed E-state index contributed by atoms with van der Waals surface area (Å²) in [6, 6.07) is 32.2. The van der Waals surface area contributed by atoms with Crippen LogP contribution in [0, 0.1) is 41.4 Å². The van der Waals surface area contributed by atoms with Gasteiger partial charge in [-0.05, 0) is 126 Å². The second-order valence-electron chi connectivity index (χ2n) is 16.6. The lowest BCUT2D eigenvalue weighted by molar-refractivity contribution is -0.199. The predicted molar refractivity (Wildman–Crippen MR) is 222 cm³/mol. The largest absolute Gasteiger partial charge is 0.745 e. The Morgan fingerprint density at radius 1 is 0.759 bits per heavy atom. The van der Waals surface area contributed by atoms with Gasteiger partial charge < -0.3 is 18.8 Å². The van der Waals surface area contributed by atoms with E-state index >= 15 is 0 Å². The summed E-state index contributed by atoms with van der Waals surface area (Å²) in [4.78, 5) is 38.8. The molecular weight excluding hydrogens is 773 g/mol. The fraction of sp³-hybridized carbons (Fsp3) is 0.426. The maximum Gasteiger partial charge on any atom is 0.333 e. The van der Waals surface area contributed by atoms with Crippen LogP contribution in [0.5, 0.6) is 0 Å². The van der Waals surface area contributed by atoms with Crippen molar-refractivity contribution in [3.63, 3.8) is 0 Å². The molecule has 1 aliphatic heterocycles. The van der Waals surface area contributed by atoms with E-state index in [0.717, 1.165) is 24.7 Å². The van der Waals surface area contributed by atoms with Gasteiger partial charge in [-0.15, -0.1) is 0 Å². The van der Waals surface area contributed by atoms with Crippen LogP contribution >= 0.6 is 0 Å². The van der Waals surface area contributed by atoms with Crippen molar-refractivity contribution in [3.8, 4) is 0 Å². The molecule has 1 heterocycles. The van der Waals surface area contributed by atoms with Crippen LogP contribution in [-0.2, 0) is 49.6 Å². The highest BCUT2D eigenvalue weighted by Crippen LogP contribution is 2.59. The van der Waals surface area contributed by atoms with Gasteiger partial charge in [0, 0.05) is 28.4 Å². The van der Waals surface area contributed by atoms with Gasteiger partial charge in [0.15, 0.2) is 14.7 Å². The molecule has 6 saturated carbocycles. The maximum absolute atomic E-state index is 11.8. The van der Waals surface area contributed by atoms with E-state index in [1.807, 2.05) is 0 Å². The van der Waals surface area contributed by atoms with E-state index in [9.17, 15) is 27.4 Å². The second kappa shape index (κ2) is 18.2. The van der Waals surface area contributed by atoms with Crippen molar-refractivity contribution in [3.05, 3.63) is 127 Å². The molecule has 58 heavy (non-hydrogen) atoms. The zero-order valence-corrected chi connectivity index (χ0v) is 35.1. The van der Waals surface area contributed by atoms with E-state index in [0.29, 0.717) is 34.3 Å². The molecule has 3 aromatic carbocycles. The molecule has 0 amide bonds. The highest BCUT2D eigenvalue weighted by molar-refractivity contribution is 7.97. The molecular formula is C47H54O9S2. The first-order chi connectivity index (χ1) is 27.6. The fourth-order valence-electron chi connectivity index (χ4n) is 9.94. The molecule has 9 nitrogen and oxygen atoms in total. The second-order valence-corrected chi connectivity index (χ2v) is 20.0. The molecule has 3 aromatic rings. The van der Waals surface area contributed by atoms with Crippen LogP contribution in [-0.4, -0.2) is 48.7 Å². The van der Waals surface area contributed by atoms with E-state index < -0.39 is 10.1 Å². The molecule has 6 bridgehead atoms. The molecule has 10 rings (SSSR count). The van der Waals surface area contributed by atoms with Gasteiger partial charge in [-0.25, -0.2) is 18.0 Å². The number of fused-ring (bicyclic) bond motifs is 1. The summed E-state index contributed by atoms with van der Waals surface area (Å²) in [7, 11) is -4.16. The fourth-order valence-corrected chi connectivity index (χ4v) is 12.0. The van der Waals surface area contributed by atoms with E-state index in [2.05, 4.69) is 118 Å². The molecule has 1 saturated heterocycles. The van der Waals surface area contributed by atoms with Gasteiger partial charge in [0.2, 0.25) is 0 Å². The molecule has 0 aromatic heterocycles. The highest BCUT2D eigenvalue weighted by Gasteiger charge is 2.63. The summed E-state index contributed by atoms with van der Waals surface area (Å²) in [6.45, 7) is 15.5. The summed E-state index contributed by atoms with van der Waals surface area (Å²) in [5.41, 5.74) is 0.715. The average molecular weight is 827 g/mol. The van der Waals surface area contributed by atoms with E-state index in [1.165, 1.54) is 46.8 Å². The minimum absolute atomic E-state index is 0.0146. The third kappa shape index (κ3) is 9.87. The third-order valence-corrected chi connectivity index (χ3v) is 15.2. The van der Waals surface area contributed by atoms with E-state index in [4.69, 9.17) is 14.2 Å². The molecule has 7 aliphatic rings. The first-order valence-electron chi connectivity index (χ1n) is 20.0. The Labute approximate surface area is 346 Å². The summed E-state index contributed by atoms with van der Waals surface area (Å²) in [5, 5.41) is 0.354. The van der Waals surface area contributed by atoms with Crippen molar-refractivity contribution in [1.82, 2.24) is 0 Å². The smallest absolute Gasteiger partial charge is 0.333 e. The number of hydrogen-bond donors (Lipinski definition) is 0. The first-order valence-corrected chi connectivity index (χ1v) is 22.7. The van der Waals surface area contributed by atoms with Crippen LogP contribution in [0.1, 0.15) is 65.7 Å². The summed E-state index contributed by atoms with van der Waals surface area (Å²) < 4.78 is 44.5. The van der Waals surface area contributed by atoms with Gasteiger partial charge in [0.25, 0.3) is 0 Å². The molecule has 308 valence electrons. The van der Waals surface area contributed by atoms with E-state index in [1.54, 1.807) is 13.8 Å². The standard InChI is InChI=1S/C18H15S.C15H22O2.C12H14O4.C2H4O3S/c1-4-10-16(11-5-1)19(17-12-6-2-7-13-17)18-14-8-3-9-15-18;1-9(2)14(16)17-15(3)12-5-10-4-11(7-12)8-13(15)6-10;1-5(2)11(13)15-9-6-3-7-8(4-6)12(14)16-10(7)9;1-2-6(3,4)5/h1-15H;10-13H,1,4-8H2,2-3H3;6-10H,1,3-4H2,2H3;2H,1H2,(H,3,4,5)/q+1;;;/p-1. The lowest BCUT2D eigenvalue weighted by Crippen LogP contribution is -2.58. The Kier molecular flexibility index (Phi) is 13.6. The van der Waals surface area contributed by atoms with E-state index in [-0.39, 0.29) is 58.4 Å². The Bertz CT molecular complexity index is 1950. The van der Waals surface area contributed by atoms with Crippen LogP contribution < -0.4 is 0 Å². The quantitative estimate of drug-likeness (QED) is 0.0718. The van der Waals surface area contributed by atoms with Crippen LogP contribution in [0.15, 0.2) is 142 Å². The molecule has 6 aliphatic carbocycles. The Morgan fingerprint density at radius 3 is 1.59 bits per heavy atom.